The van der Waals surface area contributed by atoms with Gasteiger partial charge in [-0.15, -0.1) is 0 Å². The number of rotatable bonds is 4. The molecular weight excluding hydrogens is 282 g/mol. The molecule has 22 heavy (non-hydrogen) atoms. The molecule has 6 nitrogen and oxygen atoms in total. The molecule has 1 aliphatic rings. The number of carbonyl (C=O) groups is 1. The van der Waals surface area contributed by atoms with Gasteiger partial charge in [-0.1, -0.05) is 23.4 Å². The van der Waals surface area contributed by atoms with E-state index in [1.54, 1.807) is 14.0 Å². The molecule has 2 heterocycles. The van der Waals surface area contributed by atoms with Crippen molar-refractivity contribution in [3.05, 3.63) is 47.1 Å². The monoisotopic (exact) mass is 301 g/mol. The van der Waals surface area contributed by atoms with Crippen LogP contribution in [0.4, 0.5) is 0 Å². The van der Waals surface area contributed by atoms with Gasteiger partial charge in [0, 0.05) is 25.8 Å². The van der Waals surface area contributed by atoms with Crippen molar-refractivity contribution in [2.75, 3.05) is 20.2 Å². The molecule has 2 aromatic rings. The minimum Gasteiger partial charge on any atom is -0.380 e. The van der Waals surface area contributed by atoms with E-state index in [0.29, 0.717) is 37.0 Å². The Morgan fingerprint density at radius 3 is 3.00 bits per heavy atom. The summed E-state index contributed by atoms with van der Waals surface area (Å²) in [4.78, 5) is 18.8. The summed E-state index contributed by atoms with van der Waals surface area (Å²) in [5, 5.41) is 3.82. The van der Waals surface area contributed by atoms with Crippen molar-refractivity contribution in [2.45, 2.75) is 25.9 Å². The number of amides is 1. The van der Waals surface area contributed by atoms with Gasteiger partial charge in [0.25, 0.3) is 5.91 Å². The summed E-state index contributed by atoms with van der Waals surface area (Å²) in [5.74, 6) is 1.41. The average Bonchev–Trinajstić information content (AvgIpc) is 3.16. The van der Waals surface area contributed by atoms with Crippen LogP contribution >= 0.6 is 0 Å². The second-order valence-electron chi connectivity index (χ2n) is 5.51. The predicted octanol–water partition coefficient (Wildman–Crippen LogP) is 2.15. The smallest absolute Gasteiger partial charge is 0.254 e. The number of hydrogen-bond acceptors (Lipinski definition) is 5. The SMILES string of the molecule is COCc1ccccc1C(=O)N1CCC(c2nc(C)no2)C1. The van der Waals surface area contributed by atoms with Gasteiger partial charge in [-0.2, -0.15) is 4.98 Å². The van der Waals surface area contributed by atoms with Gasteiger partial charge >= 0.3 is 0 Å². The molecule has 0 N–H and O–H groups in total. The first-order chi connectivity index (χ1) is 10.7. The Bertz CT molecular complexity index is 668. The second kappa shape index (κ2) is 6.27. The first-order valence-electron chi connectivity index (χ1n) is 7.35. The fourth-order valence-corrected chi connectivity index (χ4v) is 2.81. The van der Waals surface area contributed by atoms with Gasteiger partial charge in [-0.3, -0.25) is 4.79 Å². The molecule has 0 bridgehead atoms. The molecular formula is C16H19N3O3. The number of carbonyl (C=O) groups excluding carboxylic acids is 1. The molecule has 6 heteroatoms. The van der Waals surface area contributed by atoms with Crippen molar-refractivity contribution in [3.63, 3.8) is 0 Å². The van der Waals surface area contributed by atoms with Gasteiger partial charge in [-0.25, -0.2) is 0 Å². The van der Waals surface area contributed by atoms with Crippen LogP contribution in [0.3, 0.4) is 0 Å². The molecule has 1 aliphatic heterocycles. The fraction of sp³-hybridized carbons (Fsp3) is 0.438. The van der Waals surface area contributed by atoms with Crippen LogP contribution in [0.25, 0.3) is 0 Å². The lowest BCUT2D eigenvalue weighted by Gasteiger charge is -2.18. The van der Waals surface area contributed by atoms with E-state index in [4.69, 9.17) is 9.26 Å². The van der Waals surface area contributed by atoms with Gasteiger partial charge in [0.05, 0.1) is 12.5 Å². The number of hydrogen-bond donors (Lipinski definition) is 0. The molecule has 3 rings (SSSR count). The van der Waals surface area contributed by atoms with Crippen LogP contribution in [0, 0.1) is 6.92 Å². The van der Waals surface area contributed by atoms with Crippen LogP contribution in [0.15, 0.2) is 28.8 Å². The Hall–Kier alpha value is -2.21. The van der Waals surface area contributed by atoms with Crippen LogP contribution in [0.1, 0.15) is 40.0 Å². The highest BCUT2D eigenvalue weighted by atomic mass is 16.5. The van der Waals surface area contributed by atoms with E-state index >= 15 is 0 Å². The number of aromatic nitrogens is 2. The third kappa shape index (κ3) is 2.87. The van der Waals surface area contributed by atoms with Crippen LogP contribution < -0.4 is 0 Å². The molecule has 1 atom stereocenters. The van der Waals surface area contributed by atoms with E-state index in [1.807, 2.05) is 29.2 Å². The quantitative estimate of drug-likeness (QED) is 0.865. The van der Waals surface area contributed by atoms with Crippen molar-refractivity contribution >= 4 is 5.91 Å². The lowest BCUT2D eigenvalue weighted by atomic mass is 10.1. The lowest BCUT2D eigenvalue weighted by Crippen LogP contribution is -2.29. The summed E-state index contributed by atoms with van der Waals surface area (Å²) in [7, 11) is 1.63. The highest BCUT2D eigenvalue weighted by Gasteiger charge is 2.31. The average molecular weight is 301 g/mol. The van der Waals surface area contributed by atoms with Crippen molar-refractivity contribution in [1.82, 2.24) is 15.0 Å². The second-order valence-corrected chi connectivity index (χ2v) is 5.51. The molecule has 1 aromatic heterocycles. The van der Waals surface area contributed by atoms with Gasteiger partial charge in [0.15, 0.2) is 5.82 Å². The topological polar surface area (TPSA) is 68.5 Å². The number of aryl methyl sites for hydroxylation is 1. The normalized spacial score (nSPS) is 17.9. The highest BCUT2D eigenvalue weighted by Crippen LogP contribution is 2.27. The summed E-state index contributed by atoms with van der Waals surface area (Å²) in [6.45, 7) is 3.54. The van der Waals surface area contributed by atoms with Crippen molar-refractivity contribution in [1.29, 1.82) is 0 Å². The van der Waals surface area contributed by atoms with Crippen molar-refractivity contribution in [3.8, 4) is 0 Å². The summed E-state index contributed by atoms with van der Waals surface area (Å²) in [6.07, 6.45) is 0.847. The first kappa shape index (κ1) is 14.7. The fourth-order valence-electron chi connectivity index (χ4n) is 2.81. The maximum atomic E-state index is 12.7. The summed E-state index contributed by atoms with van der Waals surface area (Å²) in [6, 6.07) is 7.56. The van der Waals surface area contributed by atoms with E-state index in [1.165, 1.54) is 0 Å². The van der Waals surface area contributed by atoms with Crippen molar-refractivity contribution in [2.24, 2.45) is 0 Å². The van der Waals surface area contributed by atoms with Gasteiger partial charge < -0.3 is 14.2 Å². The number of benzene rings is 1. The Morgan fingerprint density at radius 1 is 1.45 bits per heavy atom. The third-order valence-electron chi connectivity index (χ3n) is 3.92. The zero-order valence-electron chi connectivity index (χ0n) is 12.8. The number of likely N-dealkylation sites (tertiary alicyclic amines) is 1. The first-order valence-corrected chi connectivity index (χ1v) is 7.35. The summed E-state index contributed by atoms with van der Waals surface area (Å²) < 4.78 is 10.4. The largest absolute Gasteiger partial charge is 0.380 e. The molecule has 1 unspecified atom stereocenters. The van der Waals surface area contributed by atoms with Crippen LogP contribution in [0.2, 0.25) is 0 Å². The number of methoxy groups -OCH3 is 1. The third-order valence-corrected chi connectivity index (χ3v) is 3.92. The Balaban J connectivity index is 1.74. The van der Waals surface area contributed by atoms with E-state index in [0.717, 1.165) is 12.0 Å². The minimum absolute atomic E-state index is 0.0337. The predicted molar refractivity (Wildman–Crippen MR) is 79.5 cm³/mol. The molecule has 1 saturated heterocycles. The van der Waals surface area contributed by atoms with E-state index in [9.17, 15) is 4.79 Å². The zero-order valence-corrected chi connectivity index (χ0v) is 12.8. The minimum atomic E-state index is 0.0337. The molecule has 0 aliphatic carbocycles. The maximum Gasteiger partial charge on any atom is 0.254 e. The molecule has 1 aromatic carbocycles. The maximum absolute atomic E-state index is 12.7. The van der Waals surface area contributed by atoms with Gasteiger partial charge in [-0.05, 0) is 25.0 Å². The van der Waals surface area contributed by atoms with E-state index in [-0.39, 0.29) is 11.8 Å². The number of ether oxygens (including phenoxy) is 1. The molecule has 0 spiro atoms. The Kier molecular flexibility index (Phi) is 4.20. The van der Waals surface area contributed by atoms with Gasteiger partial charge in [0.1, 0.15) is 0 Å². The van der Waals surface area contributed by atoms with Crippen LogP contribution in [-0.2, 0) is 11.3 Å². The van der Waals surface area contributed by atoms with Crippen molar-refractivity contribution < 1.29 is 14.1 Å². The Morgan fingerprint density at radius 2 is 2.27 bits per heavy atom. The molecule has 1 fully saturated rings. The Labute approximate surface area is 129 Å². The van der Waals surface area contributed by atoms with Crippen LogP contribution in [-0.4, -0.2) is 41.1 Å². The zero-order chi connectivity index (χ0) is 15.5. The summed E-state index contributed by atoms with van der Waals surface area (Å²) >= 11 is 0. The number of nitrogens with zero attached hydrogens (tertiary/aromatic N) is 3. The highest BCUT2D eigenvalue weighted by molar-refractivity contribution is 5.95. The molecule has 116 valence electrons. The molecule has 1 amide bonds. The van der Waals surface area contributed by atoms with E-state index < -0.39 is 0 Å². The van der Waals surface area contributed by atoms with Gasteiger partial charge in [0.2, 0.25) is 5.89 Å². The van der Waals surface area contributed by atoms with Crippen LogP contribution in [0.5, 0.6) is 0 Å². The lowest BCUT2D eigenvalue weighted by molar-refractivity contribution is 0.0784. The molecule has 0 saturated carbocycles. The van der Waals surface area contributed by atoms with E-state index in [2.05, 4.69) is 10.1 Å². The standard InChI is InChI=1S/C16H19N3O3/c1-11-17-15(22-18-11)12-7-8-19(9-12)16(20)14-6-4-3-5-13(14)10-21-2/h3-6,12H,7-10H2,1-2H3. The summed E-state index contributed by atoms with van der Waals surface area (Å²) in [5.41, 5.74) is 1.61. The molecule has 0 radical (unpaired) electrons.